The fourth-order valence-corrected chi connectivity index (χ4v) is 2.40. The van der Waals surface area contributed by atoms with Gasteiger partial charge in [-0.05, 0) is 25.7 Å². The van der Waals surface area contributed by atoms with Crippen LogP contribution >= 0.6 is 0 Å². The van der Waals surface area contributed by atoms with Gasteiger partial charge >= 0.3 is 0 Å². The summed E-state index contributed by atoms with van der Waals surface area (Å²) in [5.74, 6) is 2.69. The zero-order chi connectivity index (χ0) is 13.7. The Morgan fingerprint density at radius 1 is 1.42 bits per heavy atom. The number of nitrogens with one attached hydrogen (secondary N) is 1. The molecule has 0 aliphatic carbocycles. The van der Waals surface area contributed by atoms with Gasteiger partial charge in [-0.3, -0.25) is 0 Å². The van der Waals surface area contributed by atoms with Crippen LogP contribution < -0.4 is 15.0 Å². The molecule has 1 aromatic rings. The topological polar surface area (TPSA) is 70.5 Å². The normalized spacial score (nSPS) is 16.5. The monoisotopic (exact) mass is 266 g/mol. The maximum Gasteiger partial charge on any atom is 0.204 e. The highest BCUT2D eigenvalue weighted by Gasteiger charge is 2.23. The van der Waals surface area contributed by atoms with Crippen molar-refractivity contribution in [1.82, 2.24) is 9.97 Å². The molecule has 0 amide bonds. The van der Waals surface area contributed by atoms with E-state index in [2.05, 4.69) is 20.2 Å². The second-order valence-corrected chi connectivity index (χ2v) is 4.72. The molecule has 106 valence electrons. The first kappa shape index (κ1) is 13.9. The molecule has 2 N–H and O–H groups in total. The molecule has 19 heavy (non-hydrogen) atoms. The summed E-state index contributed by atoms with van der Waals surface area (Å²) in [6, 6.07) is 0. The molecule has 1 saturated heterocycles. The van der Waals surface area contributed by atoms with Crippen molar-refractivity contribution in [3.8, 4) is 5.75 Å². The third-order valence-corrected chi connectivity index (χ3v) is 3.51. The van der Waals surface area contributed by atoms with Gasteiger partial charge in [0.1, 0.15) is 6.33 Å². The molecule has 0 aromatic carbocycles. The largest absolute Gasteiger partial charge is 0.490 e. The van der Waals surface area contributed by atoms with Crippen molar-refractivity contribution in [2.24, 2.45) is 5.92 Å². The van der Waals surface area contributed by atoms with Crippen LogP contribution in [0, 0.1) is 5.92 Å². The van der Waals surface area contributed by atoms with Crippen molar-refractivity contribution >= 4 is 11.6 Å². The van der Waals surface area contributed by atoms with Crippen molar-refractivity contribution in [3.05, 3.63) is 6.33 Å². The van der Waals surface area contributed by atoms with E-state index in [4.69, 9.17) is 4.74 Å². The fraction of sp³-hybridized carbons (Fsp3) is 0.692. The van der Waals surface area contributed by atoms with Crippen LogP contribution in [-0.2, 0) is 0 Å². The Balaban J connectivity index is 2.17. The number of anilines is 2. The summed E-state index contributed by atoms with van der Waals surface area (Å²) in [6.45, 7) is 4.87. The number of piperidine rings is 1. The van der Waals surface area contributed by atoms with Crippen molar-refractivity contribution < 1.29 is 9.84 Å². The van der Waals surface area contributed by atoms with Gasteiger partial charge in [0.25, 0.3) is 0 Å². The van der Waals surface area contributed by atoms with Crippen LogP contribution in [0.1, 0.15) is 19.8 Å². The predicted octanol–water partition coefficient (Wildman–Crippen LogP) is 1.13. The second kappa shape index (κ2) is 6.56. The van der Waals surface area contributed by atoms with E-state index >= 15 is 0 Å². The van der Waals surface area contributed by atoms with E-state index in [-0.39, 0.29) is 6.61 Å². The Labute approximate surface area is 113 Å². The van der Waals surface area contributed by atoms with Gasteiger partial charge in [0.2, 0.25) is 5.75 Å². The third kappa shape index (κ3) is 3.07. The van der Waals surface area contributed by atoms with E-state index in [9.17, 15) is 5.11 Å². The van der Waals surface area contributed by atoms with Gasteiger partial charge in [-0.15, -0.1) is 0 Å². The van der Waals surface area contributed by atoms with Crippen molar-refractivity contribution in [2.75, 3.05) is 43.6 Å². The lowest BCUT2D eigenvalue weighted by atomic mass is 9.98. The SMILES string of the molecule is CCNc1ncnc(N2CCC(CO)CC2)c1OC. The Kier molecular flexibility index (Phi) is 4.79. The predicted molar refractivity (Wildman–Crippen MR) is 74.8 cm³/mol. The molecule has 0 unspecified atom stereocenters. The fourth-order valence-electron chi connectivity index (χ4n) is 2.40. The van der Waals surface area contributed by atoms with Gasteiger partial charge in [-0.1, -0.05) is 0 Å². The molecule has 1 aliphatic heterocycles. The summed E-state index contributed by atoms with van der Waals surface area (Å²) in [5, 5.41) is 12.4. The zero-order valence-corrected chi connectivity index (χ0v) is 11.6. The molecule has 0 bridgehead atoms. The number of aromatic nitrogens is 2. The van der Waals surface area contributed by atoms with E-state index in [1.54, 1.807) is 13.4 Å². The third-order valence-electron chi connectivity index (χ3n) is 3.51. The summed E-state index contributed by atoms with van der Waals surface area (Å²) < 4.78 is 5.46. The molecular weight excluding hydrogens is 244 g/mol. The number of ether oxygens (including phenoxy) is 1. The van der Waals surface area contributed by atoms with Gasteiger partial charge in [0.15, 0.2) is 11.6 Å². The highest BCUT2D eigenvalue weighted by molar-refractivity contribution is 5.64. The van der Waals surface area contributed by atoms with Gasteiger partial charge in [-0.2, -0.15) is 0 Å². The molecule has 0 atom stereocenters. The van der Waals surface area contributed by atoms with Crippen LogP contribution in [0.5, 0.6) is 5.75 Å². The lowest BCUT2D eigenvalue weighted by molar-refractivity contribution is 0.202. The summed E-state index contributed by atoms with van der Waals surface area (Å²) >= 11 is 0. The second-order valence-electron chi connectivity index (χ2n) is 4.72. The van der Waals surface area contributed by atoms with Gasteiger partial charge in [0.05, 0.1) is 7.11 Å². The number of rotatable bonds is 5. The van der Waals surface area contributed by atoms with Crippen LogP contribution in [0.3, 0.4) is 0 Å². The van der Waals surface area contributed by atoms with Gasteiger partial charge in [0, 0.05) is 26.2 Å². The Hall–Kier alpha value is -1.56. The quantitative estimate of drug-likeness (QED) is 0.832. The standard InChI is InChI=1S/C13H22N4O2/c1-3-14-12-11(19-2)13(16-9-15-12)17-6-4-10(8-18)5-7-17/h9-10,18H,3-8H2,1-2H3,(H,14,15,16). The lowest BCUT2D eigenvalue weighted by Gasteiger charge is -2.32. The lowest BCUT2D eigenvalue weighted by Crippen LogP contribution is -2.35. The van der Waals surface area contributed by atoms with Gasteiger partial charge < -0.3 is 20.1 Å². The average molecular weight is 266 g/mol. The van der Waals surface area contributed by atoms with E-state index < -0.39 is 0 Å². The molecule has 1 aromatic heterocycles. The molecule has 1 aliphatic rings. The van der Waals surface area contributed by atoms with Crippen molar-refractivity contribution in [3.63, 3.8) is 0 Å². The minimum Gasteiger partial charge on any atom is -0.490 e. The minimum absolute atomic E-state index is 0.275. The number of hydrogen-bond acceptors (Lipinski definition) is 6. The Morgan fingerprint density at radius 3 is 2.74 bits per heavy atom. The molecule has 2 rings (SSSR count). The Morgan fingerprint density at radius 2 is 2.16 bits per heavy atom. The molecule has 6 nitrogen and oxygen atoms in total. The van der Waals surface area contributed by atoms with Crippen molar-refractivity contribution in [1.29, 1.82) is 0 Å². The number of methoxy groups -OCH3 is 1. The maximum absolute atomic E-state index is 9.18. The Bertz CT molecular complexity index is 406. The molecule has 1 fully saturated rings. The van der Waals surface area contributed by atoms with Crippen LogP contribution in [0.25, 0.3) is 0 Å². The molecular formula is C13H22N4O2. The van der Waals surface area contributed by atoms with E-state index in [0.717, 1.165) is 44.1 Å². The minimum atomic E-state index is 0.275. The van der Waals surface area contributed by atoms with Crippen molar-refractivity contribution in [2.45, 2.75) is 19.8 Å². The van der Waals surface area contributed by atoms with Crippen LogP contribution in [0.15, 0.2) is 6.33 Å². The number of nitrogens with zero attached hydrogens (tertiary/aromatic N) is 3. The molecule has 0 saturated carbocycles. The number of hydrogen-bond donors (Lipinski definition) is 2. The summed E-state index contributed by atoms with van der Waals surface area (Å²) in [7, 11) is 1.64. The van der Waals surface area contributed by atoms with Crippen LogP contribution in [-0.4, -0.2) is 48.4 Å². The molecule has 0 spiro atoms. The average Bonchev–Trinajstić information content (AvgIpc) is 2.47. The van der Waals surface area contributed by atoms with E-state index in [1.165, 1.54) is 0 Å². The molecule has 2 heterocycles. The summed E-state index contributed by atoms with van der Waals surface area (Å²) in [6.07, 6.45) is 3.54. The van der Waals surface area contributed by atoms with Gasteiger partial charge in [-0.25, -0.2) is 9.97 Å². The molecule has 6 heteroatoms. The molecule has 0 radical (unpaired) electrons. The first-order valence-corrected chi connectivity index (χ1v) is 6.78. The summed E-state index contributed by atoms with van der Waals surface area (Å²) in [4.78, 5) is 10.8. The first-order chi connectivity index (χ1) is 9.30. The zero-order valence-electron chi connectivity index (χ0n) is 11.6. The van der Waals surface area contributed by atoms with Crippen LogP contribution in [0.2, 0.25) is 0 Å². The highest BCUT2D eigenvalue weighted by Crippen LogP contribution is 2.33. The smallest absolute Gasteiger partial charge is 0.204 e. The first-order valence-electron chi connectivity index (χ1n) is 6.78. The highest BCUT2D eigenvalue weighted by atomic mass is 16.5. The number of aliphatic hydroxyl groups is 1. The van der Waals surface area contributed by atoms with E-state index in [1.807, 2.05) is 6.92 Å². The maximum atomic E-state index is 9.18. The number of aliphatic hydroxyl groups excluding tert-OH is 1. The summed E-state index contributed by atoms with van der Waals surface area (Å²) in [5.41, 5.74) is 0. The van der Waals surface area contributed by atoms with Crippen LogP contribution in [0.4, 0.5) is 11.6 Å². The van der Waals surface area contributed by atoms with E-state index in [0.29, 0.717) is 11.7 Å².